The van der Waals surface area contributed by atoms with E-state index in [-0.39, 0.29) is 5.91 Å². The fraction of sp³-hybridized carbons (Fsp3) is 0.579. The summed E-state index contributed by atoms with van der Waals surface area (Å²) in [6.45, 7) is 5.65. The highest BCUT2D eigenvalue weighted by Gasteiger charge is 2.26. The summed E-state index contributed by atoms with van der Waals surface area (Å²) in [6.07, 6.45) is 0. The Morgan fingerprint density at radius 1 is 0.966 bits per heavy atom. The average Bonchev–Trinajstić information content (AvgIpc) is 2.73. The van der Waals surface area contributed by atoms with E-state index >= 15 is 0 Å². The van der Waals surface area contributed by atoms with E-state index in [2.05, 4.69) is 15.8 Å². The number of hydrazone groups is 1. The summed E-state index contributed by atoms with van der Waals surface area (Å²) in [7, 11) is 0. The van der Waals surface area contributed by atoms with E-state index in [1.165, 1.54) is 11.8 Å². The fourth-order valence-electron chi connectivity index (χ4n) is 2.72. The van der Waals surface area contributed by atoms with Gasteiger partial charge in [-0.05, 0) is 23.4 Å². The summed E-state index contributed by atoms with van der Waals surface area (Å²) >= 11 is 1.47. The molecule has 0 aromatic heterocycles. The molecule has 0 radical (unpaired) electrons. The van der Waals surface area contributed by atoms with Crippen molar-refractivity contribution >= 4 is 22.8 Å². The molecule has 10 heteroatoms. The Labute approximate surface area is 174 Å². The lowest BCUT2D eigenvalue weighted by molar-refractivity contribution is -0.122. The molecule has 1 atom stereocenters. The Morgan fingerprint density at radius 3 is 2.21 bits per heavy atom. The highest BCUT2D eigenvalue weighted by atomic mass is 32.2. The molecule has 0 aliphatic carbocycles. The molecule has 2 aliphatic rings. The maximum absolute atomic E-state index is 12.5. The second-order valence-electron chi connectivity index (χ2n) is 6.14. The number of nitrogens with zero attached hydrogens (tertiary/aromatic N) is 1. The third kappa shape index (κ3) is 6.77. The Morgan fingerprint density at radius 2 is 1.59 bits per heavy atom. The van der Waals surface area contributed by atoms with E-state index in [4.69, 9.17) is 23.7 Å². The second-order valence-corrected chi connectivity index (χ2v) is 7.39. The summed E-state index contributed by atoms with van der Waals surface area (Å²) in [4.78, 5) is 12.5. The lowest BCUT2D eigenvalue weighted by atomic mass is 10.1. The maximum Gasteiger partial charge on any atom is 0.254 e. The SMILES string of the molecule is CCSC1=NNC(c2ccc3c(c2)OCCOCCOCCOCCO3)C(=O)N1. The van der Waals surface area contributed by atoms with Crippen molar-refractivity contribution in [3.8, 4) is 11.5 Å². The minimum atomic E-state index is -0.599. The zero-order chi connectivity index (χ0) is 20.3. The highest BCUT2D eigenvalue weighted by Crippen LogP contribution is 2.31. The van der Waals surface area contributed by atoms with Crippen LogP contribution in [0.2, 0.25) is 0 Å². The zero-order valence-electron chi connectivity index (χ0n) is 16.5. The van der Waals surface area contributed by atoms with Crippen molar-refractivity contribution in [3.05, 3.63) is 23.8 Å². The Hall–Kier alpha value is -2.01. The van der Waals surface area contributed by atoms with Crippen LogP contribution in [0, 0.1) is 0 Å². The van der Waals surface area contributed by atoms with Crippen LogP contribution < -0.4 is 20.2 Å². The van der Waals surface area contributed by atoms with Gasteiger partial charge in [-0.15, -0.1) is 0 Å². The predicted octanol–water partition coefficient (Wildman–Crippen LogP) is 1.29. The van der Waals surface area contributed by atoms with Gasteiger partial charge in [0.1, 0.15) is 19.3 Å². The number of carbonyl (C=O) groups is 1. The molecule has 2 heterocycles. The number of amidine groups is 1. The predicted molar refractivity (Wildman–Crippen MR) is 109 cm³/mol. The van der Waals surface area contributed by atoms with Gasteiger partial charge in [0.25, 0.3) is 5.91 Å². The minimum Gasteiger partial charge on any atom is -0.487 e. The van der Waals surface area contributed by atoms with Crippen molar-refractivity contribution in [2.75, 3.05) is 58.6 Å². The van der Waals surface area contributed by atoms with Crippen LogP contribution in [0.1, 0.15) is 18.5 Å². The molecule has 0 spiro atoms. The Bertz CT molecular complexity index is 703. The number of benzene rings is 1. The van der Waals surface area contributed by atoms with Crippen LogP contribution in [0.3, 0.4) is 0 Å². The minimum absolute atomic E-state index is 0.161. The van der Waals surface area contributed by atoms with E-state index in [0.717, 1.165) is 11.3 Å². The first-order chi connectivity index (χ1) is 14.3. The van der Waals surface area contributed by atoms with Crippen LogP contribution >= 0.6 is 11.8 Å². The molecule has 29 heavy (non-hydrogen) atoms. The molecule has 3 rings (SSSR count). The first-order valence-corrected chi connectivity index (χ1v) is 10.7. The van der Waals surface area contributed by atoms with Crippen molar-refractivity contribution < 1.29 is 28.5 Å². The molecule has 1 unspecified atom stereocenters. The third-order valence-electron chi connectivity index (χ3n) is 4.08. The number of rotatable bonds is 2. The molecule has 1 aromatic carbocycles. The summed E-state index contributed by atoms with van der Waals surface area (Å²) in [5.41, 5.74) is 3.65. The second kappa shape index (κ2) is 11.9. The summed E-state index contributed by atoms with van der Waals surface area (Å²) in [5, 5.41) is 7.61. The van der Waals surface area contributed by atoms with E-state index in [1.54, 1.807) is 12.1 Å². The zero-order valence-corrected chi connectivity index (χ0v) is 17.3. The summed E-state index contributed by atoms with van der Waals surface area (Å²) in [5.74, 6) is 1.80. The Kier molecular flexibility index (Phi) is 8.87. The van der Waals surface area contributed by atoms with Crippen molar-refractivity contribution in [2.45, 2.75) is 13.0 Å². The number of nitrogens with one attached hydrogen (secondary N) is 2. The summed E-state index contributed by atoms with van der Waals surface area (Å²) in [6, 6.07) is 4.81. The van der Waals surface area contributed by atoms with Crippen LogP contribution in [0.4, 0.5) is 0 Å². The smallest absolute Gasteiger partial charge is 0.254 e. The standard InChI is InChI=1S/C19H27N3O6S/c1-2-29-19-20-18(23)17(21-22-19)14-3-4-15-16(13-14)28-12-10-26-8-6-24-5-7-25-9-11-27-15/h3-4,13,17,21H,2,5-12H2,1H3,(H,20,22,23). The van der Waals surface area contributed by atoms with Crippen molar-refractivity contribution in [1.29, 1.82) is 0 Å². The van der Waals surface area contributed by atoms with Gasteiger partial charge >= 0.3 is 0 Å². The number of thioether (sulfide) groups is 1. The molecule has 9 nitrogen and oxygen atoms in total. The van der Waals surface area contributed by atoms with Gasteiger partial charge in [0.15, 0.2) is 16.7 Å². The van der Waals surface area contributed by atoms with Crippen molar-refractivity contribution in [2.24, 2.45) is 5.10 Å². The molecular weight excluding hydrogens is 398 g/mol. The largest absolute Gasteiger partial charge is 0.487 e. The lowest BCUT2D eigenvalue weighted by Crippen LogP contribution is -2.43. The highest BCUT2D eigenvalue weighted by molar-refractivity contribution is 8.13. The molecule has 2 aliphatic heterocycles. The van der Waals surface area contributed by atoms with Gasteiger partial charge in [-0.3, -0.25) is 10.2 Å². The van der Waals surface area contributed by atoms with E-state index in [9.17, 15) is 4.79 Å². The quantitative estimate of drug-likeness (QED) is 0.731. The van der Waals surface area contributed by atoms with Crippen molar-refractivity contribution in [3.63, 3.8) is 0 Å². The first-order valence-electron chi connectivity index (χ1n) is 9.67. The van der Waals surface area contributed by atoms with Gasteiger partial charge in [0.2, 0.25) is 0 Å². The van der Waals surface area contributed by atoms with Gasteiger partial charge in [0.05, 0.1) is 39.6 Å². The molecule has 1 amide bonds. The number of hydrogen-bond acceptors (Lipinski definition) is 9. The number of ether oxygens (including phenoxy) is 5. The van der Waals surface area contributed by atoms with Crippen LogP contribution in [0.25, 0.3) is 0 Å². The molecule has 0 fully saturated rings. The van der Waals surface area contributed by atoms with Gasteiger partial charge in [-0.1, -0.05) is 24.8 Å². The molecular formula is C19H27N3O6S. The average molecular weight is 426 g/mol. The van der Waals surface area contributed by atoms with Gasteiger partial charge in [-0.25, -0.2) is 0 Å². The normalized spacial score (nSPS) is 21.8. The van der Waals surface area contributed by atoms with Crippen LogP contribution in [0.5, 0.6) is 11.5 Å². The van der Waals surface area contributed by atoms with Gasteiger partial charge < -0.3 is 29.0 Å². The number of amides is 1. The molecule has 2 N–H and O–H groups in total. The van der Waals surface area contributed by atoms with E-state index in [1.807, 2.05) is 13.0 Å². The van der Waals surface area contributed by atoms with Crippen LogP contribution in [-0.4, -0.2) is 69.7 Å². The Balaban J connectivity index is 1.70. The van der Waals surface area contributed by atoms with Crippen molar-refractivity contribution in [1.82, 2.24) is 10.7 Å². The monoisotopic (exact) mass is 425 g/mol. The van der Waals surface area contributed by atoms with Crippen LogP contribution in [-0.2, 0) is 19.0 Å². The van der Waals surface area contributed by atoms with Gasteiger partial charge in [0, 0.05) is 0 Å². The summed E-state index contributed by atoms with van der Waals surface area (Å²) < 4.78 is 28.0. The fourth-order valence-corrected chi connectivity index (χ4v) is 3.28. The lowest BCUT2D eigenvalue weighted by Gasteiger charge is -2.23. The molecule has 0 bridgehead atoms. The molecule has 0 saturated carbocycles. The maximum atomic E-state index is 12.5. The molecule has 0 saturated heterocycles. The van der Waals surface area contributed by atoms with E-state index < -0.39 is 6.04 Å². The topological polar surface area (TPSA) is 99.6 Å². The molecule has 160 valence electrons. The third-order valence-corrected chi connectivity index (χ3v) is 4.84. The number of fused-ring (bicyclic) bond motifs is 1. The first kappa shape index (κ1) is 21.7. The van der Waals surface area contributed by atoms with Gasteiger partial charge in [-0.2, -0.15) is 5.10 Å². The number of carbonyl (C=O) groups excluding carboxylic acids is 1. The molecule has 1 aromatic rings. The van der Waals surface area contributed by atoms with Crippen LogP contribution in [0.15, 0.2) is 23.3 Å². The van der Waals surface area contributed by atoms with E-state index in [0.29, 0.717) is 69.5 Å². The number of hydrogen-bond donors (Lipinski definition) is 2.